The predicted molar refractivity (Wildman–Crippen MR) is 146 cm³/mol. The summed E-state index contributed by atoms with van der Waals surface area (Å²) < 4.78 is 47.8. The van der Waals surface area contributed by atoms with Crippen LogP contribution in [0.2, 0.25) is 0 Å². The first kappa shape index (κ1) is 28.8. The number of ether oxygens (including phenoxy) is 1. The normalized spacial score (nSPS) is 19.8. The van der Waals surface area contributed by atoms with Gasteiger partial charge in [0.25, 0.3) is 0 Å². The number of aromatic nitrogens is 1. The topological polar surface area (TPSA) is 69.7 Å². The van der Waals surface area contributed by atoms with Crippen LogP contribution >= 0.6 is 0 Å². The van der Waals surface area contributed by atoms with E-state index in [1.165, 1.54) is 37.6 Å². The number of aryl methyl sites for hydroxylation is 1. The van der Waals surface area contributed by atoms with Gasteiger partial charge in [-0.2, -0.15) is 4.39 Å². The summed E-state index contributed by atoms with van der Waals surface area (Å²) in [7, 11) is 0. The van der Waals surface area contributed by atoms with Gasteiger partial charge in [0.15, 0.2) is 11.6 Å². The van der Waals surface area contributed by atoms with Gasteiger partial charge in [-0.1, -0.05) is 0 Å². The molecule has 3 aliphatic rings. The van der Waals surface area contributed by atoms with Crippen LogP contribution in [0, 0.1) is 23.0 Å². The lowest BCUT2D eigenvalue weighted by Crippen LogP contribution is -2.50. The third kappa shape index (κ3) is 7.33. The highest BCUT2D eigenvalue weighted by atomic mass is 19.1. The number of benzene rings is 1. The first-order valence-electron chi connectivity index (χ1n) is 14.6. The zero-order valence-electron chi connectivity index (χ0n) is 23.1. The molecule has 0 bridgehead atoms. The first-order chi connectivity index (χ1) is 19.4. The van der Waals surface area contributed by atoms with Crippen molar-refractivity contribution in [2.45, 2.75) is 57.6 Å². The summed E-state index contributed by atoms with van der Waals surface area (Å²) in [6, 6.07) is 5.45. The molecule has 7 nitrogen and oxygen atoms in total. The zero-order chi connectivity index (χ0) is 28.0. The Hall–Kier alpha value is -2.69. The Labute approximate surface area is 234 Å². The lowest BCUT2D eigenvalue weighted by atomic mass is 9.78. The van der Waals surface area contributed by atoms with Gasteiger partial charge < -0.3 is 20.3 Å². The number of hydrogen-bond donors (Lipinski definition) is 2. The molecule has 2 aromatic rings. The third-order valence-electron chi connectivity index (χ3n) is 8.80. The standard InChI is InChI=1S/C30H40F3N5O2/c31-24-17-22(28(26(32)18-24)40-20-23-4-2-11-36-29(23)33)3-1-10-35-25-5-13-38(14-6-25)27(39)19-37-15-8-30(9-16-37)7-12-34-21-30/h2,4,11,17-18,25,34-35H,1,3,5-10,12-16,19-21H2. The minimum atomic E-state index is -0.802. The number of amides is 1. The molecule has 3 fully saturated rings. The lowest BCUT2D eigenvalue weighted by molar-refractivity contribution is -0.134. The van der Waals surface area contributed by atoms with Crippen LogP contribution in [-0.2, 0) is 17.8 Å². The fourth-order valence-corrected chi connectivity index (χ4v) is 6.25. The molecule has 1 aromatic carbocycles. The van der Waals surface area contributed by atoms with Crippen molar-refractivity contribution in [2.75, 3.05) is 52.4 Å². The average Bonchev–Trinajstić information content (AvgIpc) is 3.41. The predicted octanol–water partition coefficient (Wildman–Crippen LogP) is 3.67. The van der Waals surface area contributed by atoms with Gasteiger partial charge in [-0.15, -0.1) is 0 Å². The van der Waals surface area contributed by atoms with E-state index in [1.54, 1.807) is 6.07 Å². The quantitative estimate of drug-likeness (QED) is 0.342. The van der Waals surface area contributed by atoms with E-state index >= 15 is 0 Å². The average molecular weight is 560 g/mol. The van der Waals surface area contributed by atoms with E-state index in [-0.39, 0.29) is 23.8 Å². The monoisotopic (exact) mass is 559 g/mol. The second kappa shape index (κ2) is 13.3. The maximum Gasteiger partial charge on any atom is 0.236 e. The fourth-order valence-electron chi connectivity index (χ4n) is 6.25. The Kier molecular flexibility index (Phi) is 9.59. The maximum absolute atomic E-state index is 14.5. The van der Waals surface area contributed by atoms with E-state index in [2.05, 4.69) is 20.5 Å². The Morgan fingerprint density at radius 2 is 1.90 bits per heavy atom. The van der Waals surface area contributed by atoms with Crippen LogP contribution in [0.25, 0.3) is 0 Å². The van der Waals surface area contributed by atoms with Gasteiger partial charge in [0, 0.05) is 49.1 Å². The molecule has 0 radical (unpaired) electrons. The summed E-state index contributed by atoms with van der Waals surface area (Å²) in [6.45, 7) is 6.75. The van der Waals surface area contributed by atoms with Gasteiger partial charge in [-0.25, -0.2) is 13.8 Å². The van der Waals surface area contributed by atoms with Crippen molar-refractivity contribution in [1.29, 1.82) is 0 Å². The van der Waals surface area contributed by atoms with Crippen LogP contribution in [0.4, 0.5) is 13.2 Å². The van der Waals surface area contributed by atoms with Crippen LogP contribution < -0.4 is 15.4 Å². The Bertz CT molecular complexity index is 1140. The van der Waals surface area contributed by atoms with Crippen molar-refractivity contribution in [3.63, 3.8) is 0 Å². The number of nitrogens with zero attached hydrogens (tertiary/aromatic N) is 3. The number of carbonyl (C=O) groups is 1. The summed E-state index contributed by atoms with van der Waals surface area (Å²) in [6.07, 6.45) is 7.80. The summed E-state index contributed by atoms with van der Waals surface area (Å²) in [5.41, 5.74) is 1.08. The molecule has 0 saturated carbocycles. The van der Waals surface area contributed by atoms with E-state index in [4.69, 9.17) is 4.74 Å². The molecule has 1 amide bonds. The summed E-state index contributed by atoms with van der Waals surface area (Å²) >= 11 is 0. The number of halogens is 3. The molecule has 40 heavy (non-hydrogen) atoms. The highest BCUT2D eigenvalue weighted by Crippen LogP contribution is 2.36. The Balaban J connectivity index is 1.02. The largest absolute Gasteiger partial charge is 0.485 e. The molecule has 3 aliphatic heterocycles. The number of likely N-dealkylation sites (tertiary alicyclic amines) is 2. The molecule has 1 spiro atoms. The highest BCUT2D eigenvalue weighted by Gasteiger charge is 2.37. The van der Waals surface area contributed by atoms with Crippen molar-refractivity contribution in [2.24, 2.45) is 5.41 Å². The van der Waals surface area contributed by atoms with Gasteiger partial charge in [0.2, 0.25) is 11.9 Å². The van der Waals surface area contributed by atoms with E-state index in [0.717, 1.165) is 58.2 Å². The number of hydrogen-bond acceptors (Lipinski definition) is 6. The van der Waals surface area contributed by atoms with Gasteiger partial charge in [0.1, 0.15) is 12.4 Å². The lowest BCUT2D eigenvalue weighted by Gasteiger charge is -2.40. The van der Waals surface area contributed by atoms with E-state index in [9.17, 15) is 18.0 Å². The maximum atomic E-state index is 14.5. The molecule has 10 heteroatoms. The minimum Gasteiger partial charge on any atom is -0.485 e. The molecule has 0 unspecified atom stereocenters. The van der Waals surface area contributed by atoms with Crippen molar-refractivity contribution >= 4 is 5.91 Å². The first-order valence-corrected chi connectivity index (χ1v) is 14.6. The number of carbonyl (C=O) groups excluding carboxylic acids is 1. The van der Waals surface area contributed by atoms with Gasteiger partial charge in [0.05, 0.1) is 6.54 Å². The van der Waals surface area contributed by atoms with Gasteiger partial charge in [-0.05, 0) is 94.7 Å². The molecule has 0 aliphatic carbocycles. The van der Waals surface area contributed by atoms with Crippen LogP contribution in [0.15, 0.2) is 30.5 Å². The molecule has 5 rings (SSSR count). The molecule has 3 saturated heterocycles. The smallest absolute Gasteiger partial charge is 0.236 e. The Morgan fingerprint density at radius 1 is 1.10 bits per heavy atom. The fraction of sp³-hybridized carbons (Fsp3) is 0.600. The molecule has 4 heterocycles. The zero-order valence-corrected chi connectivity index (χ0v) is 23.1. The summed E-state index contributed by atoms with van der Waals surface area (Å²) in [4.78, 5) is 20.8. The van der Waals surface area contributed by atoms with Crippen molar-refractivity contribution in [3.8, 4) is 5.75 Å². The molecule has 1 aromatic heterocycles. The van der Waals surface area contributed by atoms with Crippen molar-refractivity contribution in [3.05, 3.63) is 59.2 Å². The van der Waals surface area contributed by atoms with E-state index < -0.39 is 17.6 Å². The SMILES string of the molecule is O=C(CN1CCC2(CCNC2)CC1)N1CCC(NCCCc2cc(F)cc(F)c2OCc2cccnc2F)CC1. The van der Waals surface area contributed by atoms with E-state index in [0.29, 0.717) is 43.0 Å². The molecular weight excluding hydrogens is 519 g/mol. The molecule has 2 N–H and O–H groups in total. The highest BCUT2D eigenvalue weighted by molar-refractivity contribution is 5.78. The minimum absolute atomic E-state index is 0.0553. The molecular formula is C30H40F3N5O2. The van der Waals surface area contributed by atoms with Crippen LogP contribution in [0.5, 0.6) is 5.75 Å². The van der Waals surface area contributed by atoms with Gasteiger partial charge >= 0.3 is 0 Å². The number of piperidine rings is 2. The second-order valence-electron chi connectivity index (χ2n) is 11.5. The summed E-state index contributed by atoms with van der Waals surface area (Å²) in [5, 5.41) is 7.03. The van der Waals surface area contributed by atoms with E-state index in [1.807, 2.05) is 4.90 Å². The molecule has 0 atom stereocenters. The summed E-state index contributed by atoms with van der Waals surface area (Å²) in [5.74, 6) is -1.98. The number of nitrogens with one attached hydrogen (secondary N) is 2. The van der Waals surface area contributed by atoms with Crippen molar-refractivity contribution < 1.29 is 22.7 Å². The second-order valence-corrected chi connectivity index (χ2v) is 11.5. The molecule has 218 valence electrons. The Morgan fingerprint density at radius 3 is 2.62 bits per heavy atom. The van der Waals surface area contributed by atoms with Crippen molar-refractivity contribution in [1.82, 2.24) is 25.4 Å². The van der Waals surface area contributed by atoms with Crippen LogP contribution in [0.3, 0.4) is 0 Å². The van der Waals surface area contributed by atoms with Crippen LogP contribution in [-0.4, -0.2) is 79.1 Å². The van der Waals surface area contributed by atoms with Gasteiger partial charge in [-0.3, -0.25) is 9.69 Å². The number of pyridine rings is 1. The third-order valence-corrected chi connectivity index (χ3v) is 8.80. The van der Waals surface area contributed by atoms with Crippen LogP contribution in [0.1, 0.15) is 49.7 Å². The number of rotatable bonds is 10.